The third-order valence-electron chi connectivity index (χ3n) is 1.41. The van der Waals surface area contributed by atoms with Crippen molar-refractivity contribution in [2.45, 2.75) is 19.5 Å². The number of halogens is 3. The van der Waals surface area contributed by atoms with Crippen molar-refractivity contribution in [1.29, 1.82) is 10.5 Å². The van der Waals surface area contributed by atoms with Gasteiger partial charge in [0.2, 0.25) is 0 Å². The monoisotopic (exact) mass is 228 g/mol. The van der Waals surface area contributed by atoms with Gasteiger partial charge in [-0.15, -0.1) is 0 Å². The molecule has 0 N–H and O–H groups in total. The van der Waals surface area contributed by atoms with Crippen LogP contribution in [0.3, 0.4) is 0 Å². The van der Waals surface area contributed by atoms with Gasteiger partial charge in [-0.3, -0.25) is 4.99 Å². The number of aliphatic imine (C=N–C) groups is 2. The molecule has 0 fully saturated rings. The number of nitriles is 2. The van der Waals surface area contributed by atoms with Crippen LogP contribution in [-0.4, -0.2) is 18.6 Å². The molecule has 4 nitrogen and oxygen atoms in total. The molecule has 0 spiro atoms. The van der Waals surface area contributed by atoms with Gasteiger partial charge in [0.1, 0.15) is 11.8 Å². The third kappa shape index (κ3) is 3.93. The lowest BCUT2D eigenvalue weighted by atomic mass is 10.2. The van der Waals surface area contributed by atoms with Crippen LogP contribution in [0.25, 0.3) is 0 Å². The molecule has 0 radical (unpaired) electrons. The Labute approximate surface area is 90.0 Å². The minimum absolute atomic E-state index is 0.185. The van der Waals surface area contributed by atoms with Crippen molar-refractivity contribution in [3.8, 4) is 12.1 Å². The van der Waals surface area contributed by atoms with E-state index in [1.807, 2.05) is 0 Å². The van der Waals surface area contributed by atoms with E-state index < -0.39 is 24.0 Å². The molecule has 0 aliphatic heterocycles. The van der Waals surface area contributed by atoms with Gasteiger partial charge < -0.3 is 0 Å². The molecule has 0 aromatic heterocycles. The third-order valence-corrected chi connectivity index (χ3v) is 1.41. The average Bonchev–Trinajstić information content (AvgIpc) is 2.16. The van der Waals surface area contributed by atoms with Crippen LogP contribution in [0, 0.1) is 22.7 Å². The number of hydrogen-bond donors (Lipinski definition) is 0. The summed E-state index contributed by atoms with van der Waals surface area (Å²) in [6.07, 6.45) is -5.33. The topological polar surface area (TPSA) is 72.3 Å². The van der Waals surface area contributed by atoms with Crippen molar-refractivity contribution >= 4 is 12.4 Å². The smallest absolute Gasteiger partial charge is 0.258 e. The van der Waals surface area contributed by atoms with Crippen molar-refractivity contribution in [1.82, 2.24) is 0 Å². The number of nitrogens with zero attached hydrogens (tertiary/aromatic N) is 4. The summed E-state index contributed by atoms with van der Waals surface area (Å²) in [5.41, 5.74) is -2.14. The maximum Gasteiger partial charge on any atom is 0.435 e. The Kier molecular flexibility index (Phi) is 4.90. The van der Waals surface area contributed by atoms with Crippen molar-refractivity contribution in [3.63, 3.8) is 0 Å². The van der Waals surface area contributed by atoms with Gasteiger partial charge in [-0.05, 0) is 13.6 Å². The number of rotatable bonds is 3. The van der Waals surface area contributed by atoms with Crippen LogP contribution in [0.5, 0.6) is 0 Å². The van der Waals surface area contributed by atoms with E-state index >= 15 is 0 Å². The first-order valence-corrected chi connectivity index (χ1v) is 3.96. The predicted octanol–water partition coefficient (Wildman–Crippen LogP) is 2.36. The molecule has 0 aromatic carbocycles. The zero-order chi connectivity index (χ0) is 12.8. The van der Waals surface area contributed by atoms with E-state index in [4.69, 9.17) is 10.5 Å². The van der Waals surface area contributed by atoms with Crippen LogP contribution >= 0.6 is 0 Å². The van der Waals surface area contributed by atoms with Gasteiger partial charge >= 0.3 is 6.18 Å². The summed E-state index contributed by atoms with van der Waals surface area (Å²) in [6.45, 7) is 4.00. The fourth-order valence-corrected chi connectivity index (χ4v) is 0.823. The standard InChI is InChI=1S/C9H7F3N4/c1-6(5-14)16-7(3-4-13)8(15-2)9(10,11)12/h2-3H2,1H3/b8-7-,16-6+. The van der Waals surface area contributed by atoms with Crippen LogP contribution in [0.4, 0.5) is 13.2 Å². The predicted molar refractivity (Wildman–Crippen MR) is 51.6 cm³/mol. The van der Waals surface area contributed by atoms with Gasteiger partial charge in [0, 0.05) is 0 Å². The largest absolute Gasteiger partial charge is 0.435 e. The normalized spacial score (nSPS) is 13.5. The summed E-state index contributed by atoms with van der Waals surface area (Å²) in [6, 6.07) is 3.08. The van der Waals surface area contributed by atoms with E-state index in [9.17, 15) is 13.2 Å². The van der Waals surface area contributed by atoms with E-state index in [0.29, 0.717) is 0 Å². The van der Waals surface area contributed by atoms with Gasteiger partial charge in [0.25, 0.3) is 0 Å². The maximum atomic E-state index is 12.4. The molecule has 0 aromatic rings. The lowest BCUT2D eigenvalue weighted by Gasteiger charge is -2.08. The van der Waals surface area contributed by atoms with Gasteiger partial charge in [-0.1, -0.05) is 0 Å². The van der Waals surface area contributed by atoms with E-state index in [-0.39, 0.29) is 5.71 Å². The van der Waals surface area contributed by atoms with E-state index in [1.165, 1.54) is 13.0 Å². The lowest BCUT2D eigenvalue weighted by molar-refractivity contribution is -0.0931. The lowest BCUT2D eigenvalue weighted by Crippen LogP contribution is -2.12. The fraction of sp³-hybridized carbons (Fsp3) is 0.333. The number of allylic oxidation sites excluding steroid dienone is 2. The average molecular weight is 228 g/mol. The van der Waals surface area contributed by atoms with Crippen molar-refractivity contribution < 1.29 is 13.2 Å². The van der Waals surface area contributed by atoms with Crippen LogP contribution in [0.1, 0.15) is 13.3 Å². The molecule has 0 rings (SSSR count). The summed E-state index contributed by atoms with van der Waals surface area (Å²) < 4.78 is 37.2. The summed E-state index contributed by atoms with van der Waals surface area (Å²) in [7, 11) is 0. The van der Waals surface area contributed by atoms with Crippen molar-refractivity contribution in [3.05, 3.63) is 11.4 Å². The van der Waals surface area contributed by atoms with Gasteiger partial charge in [0.15, 0.2) is 5.70 Å². The second-order valence-electron chi connectivity index (χ2n) is 2.60. The van der Waals surface area contributed by atoms with Crippen LogP contribution in [-0.2, 0) is 0 Å². The van der Waals surface area contributed by atoms with Crippen molar-refractivity contribution in [2.24, 2.45) is 9.98 Å². The summed E-state index contributed by atoms with van der Waals surface area (Å²) in [4.78, 5) is 6.18. The maximum absolute atomic E-state index is 12.4. The zero-order valence-electron chi connectivity index (χ0n) is 8.34. The second kappa shape index (κ2) is 5.66. The molecule has 16 heavy (non-hydrogen) atoms. The molecule has 84 valence electrons. The first-order chi connectivity index (χ1) is 7.36. The zero-order valence-corrected chi connectivity index (χ0v) is 8.34. The Bertz CT molecular complexity index is 418. The van der Waals surface area contributed by atoms with Gasteiger partial charge in [-0.2, -0.15) is 23.7 Å². The van der Waals surface area contributed by atoms with Crippen LogP contribution in [0.15, 0.2) is 21.4 Å². The quantitative estimate of drug-likeness (QED) is 0.695. The van der Waals surface area contributed by atoms with Crippen molar-refractivity contribution in [2.75, 3.05) is 0 Å². The molecule has 0 saturated carbocycles. The molecular weight excluding hydrogens is 221 g/mol. The first kappa shape index (κ1) is 13.8. The summed E-state index contributed by atoms with van der Waals surface area (Å²) in [5.74, 6) is 0. The van der Waals surface area contributed by atoms with E-state index in [1.54, 1.807) is 6.07 Å². The molecular formula is C9H7F3N4. The molecule has 0 amide bonds. The Morgan fingerprint density at radius 3 is 2.25 bits per heavy atom. The molecule has 0 bridgehead atoms. The SMILES string of the molecule is C=N/C(=C(CC#N)\N=C(/C)C#N)C(F)(F)F. The highest BCUT2D eigenvalue weighted by atomic mass is 19.4. The molecule has 0 aliphatic carbocycles. The molecule has 7 heteroatoms. The van der Waals surface area contributed by atoms with Crippen LogP contribution < -0.4 is 0 Å². The molecule has 0 saturated heterocycles. The Morgan fingerprint density at radius 2 is 1.94 bits per heavy atom. The highest BCUT2D eigenvalue weighted by Gasteiger charge is 2.36. The summed E-state index contributed by atoms with van der Waals surface area (Å²) in [5, 5.41) is 16.8. The Hall–Kier alpha value is -2.15. The number of alkyl halides is 3. The van der Waals surface area contributed by atoms with Gasteiger partial charge in [0.05, 0.1) is 18.2 Å². The fourth-order valence-electron chi connectivity index (χ4n) is 0.823. The molecule has 0 heterocycles. The molecule has 0 aliphatic rings. The van der Waals surface area contributed by atoms with Gasteiger partial charge in [-0.25, -0.2) is 4.99 Å². The van der Waals surface area contributed by atoms with E-state index in [0.717, 1.165) is 0 Å². The highest BCUT2D eigenvalue weighted by Crippen LogP contribution is 2.30. The number of hydrogen-bond acceptors (Lipinski definition) is 4. The van der Waals surface area contributed by atoms with Crippen LogP contribution in [0.2, 0.25) is 0 Å². The minimum atomic E-state index is -4.74. The summed E-state index contributed by atoms with van der Waals surface area (Å²) >= 11 is 0. The van der Waals surface area contributed by atoms with E-state index in [2.05, 4.69) is 16.7 Å². The molecule has 0 unspecified atom stereocenters. The second-order valence-corrected chi connectivity index (χ2v) is 2.60. The minimum Gasteiger partial charge on any atom is -0.258 e. The first-order valence-electron chi connectivity index (χ1n) is 3.96. The Balaban J connectivity index is 5.66. The molecule has 0 atom stereocenters. The Morgan fingerprint density at radius 1 is 1.38 bits per heavy atom. The highest BCUT2D eigenvalue weighted by molar-refractivity contribution is 5.97.